The molecule has 1 saturated carbocycles. The number of carbonyl (C=O) groups excluding carboxylic acids is 1. The zero-order valence-electron chi connectivity index (χ0n) is 25.3. The van der Waals surface area contributed by atoms with Crippen molar-refractivity contribution < 1.29 is 18.3 Å². The first-order valence-corrected chi connectivity index (χ1v) is 15.5. The Morgan fingerprint density at radius 1 is 1.13 bits per heavy atom. The Hall–Kier alpha value is -4.35. The van der Waals surface area contributed by atoms with Crippen molar-refractivity contribution >= 4 is 22.8 Å². The van der Waals surface area contributed by atoms with Crippen LogP contribution in [0.15, 0.2) is 61.4 Å². The van der Waals surface area contributed by atoms with Crippen LogP contribution in [0.1, 0.15) is 59.1 Å². The number of nitrogens with one attached hydrogen (secondary N) is 2. The van der Waals surface area contributed by atoms with Gasteiger partial charge in [-0.1, -0.05) is 18.2 Å². The molecule has 2 amide bonds. The average Bonchev–Trinajstić information content (AvgIpc) is 3.80. The number of carbonyl (C=O) groups is 1. The van der Waals surface area contributed by atoms with Gasteiger partial charge in [-0.25, -0.2) is 23.5 Å². The monoisotopic (exact) mass is 613 g/mol. The molecule has 234 valence electrons. The molecule has 7 rings (SSSR count). The number of amides is 2. The summed E-state index contributed by atoms with van der Waals surface area (Å²) in [5, 5.41) is 3.69. The first-order chi connectivity index (χ1) is 21.8. The van der Waals surface area contributed by atoms with Crippen LogP contribution in [-0.2, 0) is 13.1 Å². The van der Waals surface area contributed by atoms with Crippen LogP contribution >= 0.6 is 0 Å². The molecule has 3 aliphatic rings. The molecule has 11 heteroatoms. The molecule has 4 aromatic rings. The van der Waals surface area contributed by atoms with Crippen LogP contribution in [-0.4, -0.2) is 75.5 Å². The molecule has 1 atom stereocenters. The molecule has 0 radical (unpaired) electrons. The second kappa shape index (κ2) is 12.2. The van der Waals surface area contributed by atoms with Crippen molar-refractivity contribution in [1.29, 1.82) is 0 Å². The predicted octanol–water partition coefficient (Wildman–Crippen LogP) is 6.63. The van der Waals surface area contributed by atoms with Gasteiger partial charge in [0.1, 0.15) is 17.7 Å². The maximum Gasteiger partial charge on any atom is 0.322 e. The Kier molecular flexibility index (Phi) is 7.97. The highest BCUT2D eigenvalue weighted by atomic mass is 19.3. The van der Waals surface area contributed by atoms with E-state index in [1.807, 2.05) is 24.3 Å². The van der Waals surface area contributed by atoms with Crippen LogP contribution in [0.3, 0.4) is 0 Å². The first kappa shape index (κ1) is 29.4. The van der Waals surface area contributed by atoms with E-state index < -0.39 is 6.43 Å². The van der Waals surface area contributed by atoms with E-state index >= 15 is 0 Å². The van der Waals surface area contributed by atoms with Crippen molar-refractivity contribution in [2.24, 2.45) is 0 Å². The van der Waals surface area contributed by atoms with Gasteiger partial charge in [-0.3, -0.25) is 4.90 Å². The fourth-order valence-electron chi connectivity index (χ4n) is 6.32. The smallest absolute Gasteiger partial charge is 0.322 e. The lowest BCUT2D eigenvalue weighted by molar-refractivity contribution is 0.136. The third-order valence-corrected chi connectivity index (χ3v) is 9.13. The number of halogens is 2. The van der Waals surface area contributed by atoms with E-state index in [-0.39, 0.29) is 17.5 Å². The van der Waals surface area contributed by atoms with E-state index in [1.165, 1.54) is 25.2 Å². The summed E-state index contributed by atoms with van der Waals surface area (Å²) in [6.07, 6.45) is 3.02. The summed E-state index contributed by atoms with van der Waals surface area (Å²) in [6, 6.07) is 12.4. The van der Waals surface area contributed by atoms with E-state index in [2.05, 4.69) is 49.8 Å². The number of piperazine rings is 1. The lowest BCUT2D eigenvalue weighted by atomic mass is 9.90. The van der Waals surface area contributed by atoms with Gasteiger partial charge in [0.2, 0.25) is 5.88 Å². The van der Waals surface area contributed by atoms with Gasteiger partial charge in [0, 0.05) is 68.7 Å². The molecule has 0 bridgehead atoms. The highest BCUT2D eigenvalue weighted by molar-refractivity contribution is 5.90. The standard InChI is InChI=1S/C34H37F2N7O2/c1-3-21-18-43(34(44)39-25-7-6-23(28(15-25)31(35)36)17-42-12-10-41(2)11-13-42)19-24-14-26(8-9-27(21)24)45-33-29-16-30(22-4-5-22)40-32(29)37-20-38-33/h3,6-9,14-16,20-22,31H,1,4-5,10-13,17-19H2,2H3,(H,39,44)(H,37,38,40)/t21-/m1/s1. The van der Waals surface area contributed by atoms with Gasteiger partial charge >= 0.3 is 6.03 Å². The lowest BCUT2D eigenvalue weighted by Gasteiger charge is -2.34. The number of urea groups is 1. The van der Waals surface area contributed by atoms with Crippen molar-refractivity contribution in [3.8, 4) is 11.6 Å². The number of hydrogen-bond acceptors (Lipinski definition) is 6. The SMILES string of the molecule is C=C[C@@H]1CN(C(=O)Nc2ccc(CN3CCN(C)CC3)c(C(F)F)c2)Cc2cc(Oc3ncnc4[nH]c(C5CC5)cc34)ccc21. The van der Waals surface area contributed by atoms with E-state index in [4.69, 9.17) is 4.74 Å². The maximum atomic E-state index is 14.1. The normalized spacial score (nSPS) is 19.1. The molecule has 2 fully saturated rings. The van der Waals surface area contributed by atoms with Gasteiger partial charge in [0.15, 0.2) is 0 Å². The Labute approximate surface area is 260 Å². The topological polar surface area (TPSA) is 89.6 Å². The molecule has 2 aliphatic heterocycles. The summed E-state index contributed by atoms with van der Waals surface area (Å²) < 4.78 is 34.5. The lowest BCUT2D eigenvalue weighted by Crippen LogP contribution is -2.44. The minimum absolute atomic E-state index is 0.0491. The number of ether oxygens (including phenoxy) is 1. The van der Waals surface area contributed by atoms with E-state index in [1.54, 1.807) is 17.0 Å². The molecule has 2 aromatic heterocycles. The molecule has 0 unspecified atom stereocenters. The molecule has 1 saturated heterocycles. The number of hydrogen-bond donors (Lipinski definition) is 2. The van der Waals surface area contributed by atoms with Gasteiger partial charge in [-0.2, -0.15) is 0 Å². The fraction of sp³-hybridized carbons (Fsp3) is 0.382. The largest absolute Gasteiger partial charge is 0.438 e. The summed E-state index contributed by atoms with van der Waals surface area (Å²) in [5.41, 5.74) is 4.78. The third-order valence-electron chi connectivity index (χ3n) is 9.13. The first-order valence-electron chi connectivity index (χ1n) is 15.5. The Balaban J connectivity index is 1.07. The number of nitrogens with zero attached hydrogens (tertiary/aromatic N) is 5. The second-order valence-electron chi connectivity index (χ2n) is 12.3. The van der Waals surface area contributed by atoms with E-state index in [9.17, 15) is 13.6 Å². The minimum Gasteiger partial charge on any atom is -0.438 e. The van der Waals surface area contributed by atoms with Gasteiger partial charge in [-0.05, 0) is 72.8 Å². The highest BCUT2D eigenvalue weighted by Gasteiger charge is 2.29. The molecule has 9 nitrogen and oxygen atoms in total. The third kappa shape index (κ3) is 6.27. The number of H-pyrrole nitrogens is 1. The zero-order valence-corrected chi connectivity index (χ0v) is 25.3. The van der Waals surface area contributed by atoms with Crippen LogP contribution in [0.25, 0.3) is 11.0 Å². The number of benzene rings is 2. The number of fused-ring (bicyclic) bond motifs is 2. The van der Waals surface area contributed by atoms with Crippen LogP contribution in [0.4, 0.5) is 19.3 Å². The van der Waals surface area contributed by atoms with Crippen molar-refractivity contribution in [2.75, 3.05) is 45.1 Å². The molecule has 2 aromatic carbocycles. The molecular weight excluding hydrogens is 576 g/mol. The zero-order chi connectivity index (χ0) is 31.1. The van der Waals surface area contributed by atoms with Crippen LogP contribution in [0, 0.1) is 0 Å². The van der Waals surface area contributed by atoms with Crippen molar-refractivity contribution in [3.05, 3.63) is 89.4 Å². The number of rotatable bonds is 8. The summed E-state index contributed by atoms with van der Waals surface area (Å²) >= 11 is 0. The summed E-state index contributed by atoms with van der Waals surface area (Å²) in [7, 11) is 2.06. The van der Waals surface area contributed by atoms with Crippen LogP contribution in [0.5, 0.6) is 11.6 Å². The van der Waals surface area contributed by atoms with Gasteiger partial charge in [-0.15, -0.1) is 6.58 Å². The second-order valence-corrected chi connectivity index (χ2v) is 12.3. The molecule has 1 aliphatic carbocycles. The number of aromatic nitrogens is 3. The fourth-order valence-corrected chi connectivity index (χ4v) is 6.32. The van der Waals surface area contributed by atoms with E-state index in [0.29, 0.717) is 48.4 Å². The number of alkyl halides is 2. The van der Waals surface area contributed by atoms with Gasteiger partial charge in [0.25, 0.3) is 6.43 Å². The van der Waals surface area contributed by atoms with Crippen molar-refractivity contribution in [3.63, 3.8) is 0 Å². The van der Waals surface area contributed by atoms with E-state index in [0.717, 1.165) is 54.0 Å². The molecule has 2 N–H and O–H groups in total. The summed E-state index contributed by atoms with van der Waals surface area (Å²) in [6.45, 7) is 8.71. The molecular formula is C34H37F2N7O2. The number of likely N-dealkylation sites (N-methyl/N-ethyl adjacent to an activating group) is 1. The maximum absolute atomic E-state index is 14.1. The minimum atomic E-state index is -2.64. The van der Waals surface area contributed by atoms with Crippen molar-refractivity contribution in [1.82, 2.24) is 29.7 Å². The average molecular weight is 614 g/mol. The Morgan fingerprint density at radius 3 is 2.71 bits per heavy atom. The summed E-state index contributed by atoms with van der Waals surface area (Å²) in [4.78, 5) is 31.7. The van der Waals surface area contributed by atoms with Gasteiger partial charge < -0.3 is 24.8 Å². The predicted molar refractivity (Wildman–Crippen MR) is 169 cm³/mol. The quantitative estimate of drug-likeness (QED) is 0.217. The molecule has 0 spiro atoms. The Morgan fingerprint density at radius 2 is 1.96 bits per heavy atom. The summed E-state index contributed by atoms with van der Waals surface area (Å²) in [5.74, 6) is 1.53. The Bertz CT molecular complexity index is 1730. The van der Waals surface area contributed by atoms with Gasteiger partial charge in [0.05, 0.1) is 5.39 Å². The van der Waals surface area contributed by atoms with Crippen molar-refractivity contribution in [2.45, 2.75) is 44.2 Å². The number of aromatic amines is 1. The van der Waals surface area contributed by atoms with Crippen LogP contribution in [0.2, 0.25) is 0 Å². The van der Waals surface area contributed by atoms with Crippen LogP contribution < -0.4 is 10.1 Å². The number of anilines is 1. The molecule has 4 heterocycles. The molecule has 45 heavy (non-hydrogen) atoms. The highest BCUT2D eigenvalue weighted by Crippen LogP contribution is 2.42.